The van der Waals surface area contributed by atoms with E-state index in [1.165, 1.54) is 0 Å². The molecule has 0 radical (unpaired) electrons. The Morgan fingerprint density at radius 1 is 0.938 bits per heavy atom. The van der Waals surface area contributed by atoms with Crippen LogP contribution in [0.2, 0.25) is 0 Å². The number of hydrogen-bond donors (Lipinski definition) is 2. The number of esters is 1. The topological polar surface area (TPSA) is 112 Å². The quantitative estimate of drug-likeness (QED) is 0.285. The molecule has 0 aliphatic heterocycles. The normalized spacial score (nSPS) is 12.4. The van der Waals surface area contributed by atoms with Crippen LogP contribution in [-0.2, 0) is 30.2 Å². The van der Waals surface area contributed by atoms with Crippen molar-refractivity contribution in [2.24, 2.45) is 0 Å². The minimum atomic E-state index is -0.899. The van der Waals surface area contributed by atoms with Gasteiger partial charge in [-0.15, -0.1) is 0 Å². The molecule has 9 heteroatoms. The second-order valence-electron chi connectivity index (χ2n) is 9.11. The van der Waals surface area contributed by atoms with Gasteiger partial charge in [0.15, 0.2) is 0 Å². The van der Waals surface area contributed by atoms with Crippen LogP contribution >= 0.6 is 0 Å². The Bertz CT molecular complexity index is 721. The van der Waals surface area contributed by atoms with E-state index in [1.54, 1.807) is 53.7 Å². The van der Waals surface area contributed by atoms with E-state index in [-0.39, 0.29) is 6.42 Å². The van der Waals surface area contributed by atoms with Gasteiger partial charge in [0.25, 0.3) is 0 Å². The van der Waals surface area contributed by atoms with Crippen molar-refractivity contribution in [3.63, 3.8) is 0 Å². The molecule has 32 heavy (non-hydrogen) atoms. The standard InChI is InChI=1S/C23H36N2O7/c1-22(2,3)31-20(27)19(25-21(28)32-23(4,5)6)15-17-7-9-18(10-8-17)30-14-13-29-12-11-24-16-26/h7-10,16,19H,11-15H2,1-6H3,(H,24,26)(H,25,28). The fourth-order valence-electron chi connectivity index (χ4n) is 2.48. The highest BCUT2D eigenvalue weighted by Gasteiger charge is 2.28. The van der Waals surface area contributed by atoms with Gasteiger partial charge in [-0.1, -0.05) is 12.1 Å². The lowest BCUT2D eigenvalue weighted by atomic mass is 10.1. The van der Waals surface area contributed by atoms with Crippen molar-refractivity contribution in [2.75, 3.05) is 26.4 Å². The molecular weight excluding hydrogens is 416 g/mol. The van der Waals surface area contributed by atoms with Gasteiger partial charge in [-0.3, -0.25) is 4.79 Å². The Kier molecular flexibility index (Phi) is 11.0. The van der Waals surface area contributed by atoms with Gasteiger partial charge in [0, 0.05) is 13.0 Å². The third kappa shape index (κ3) is 12.8. The van der Waals surface area contributed by atoms with Gasteiger partial charge in [0.1, 0.15) is 29.6 Å². The van der Waals surface area contributed by atoms with Crippen molar-refractivity contribution < 1.29 is 33.3 Å². The Morgan fingerprint density at radius 3 is 2.12 bits per heavy atom. The van der Waals surface area contributed by atoms with Crippen molar-refractivity contribution in [3.8, 4) is 5.75 Å². The molecule has 1 rings (SSSR count). The summed E-state index contributed by atoms with van der Waals surface area (Å²) in [7, 11) is 0. The van der Waals surface area contributed by atoms with Gasteiger partial charge in [-0.05, 0) is 59.2 Å². The number of carbonyl (C=O) groups excluding carboxylic acids is 3. The fourth-order valence-corrected chi connectivity index (χ4v) is 2.48. The van der Waals surface area contributed by atoms with Crippen molar-refractivity contribution >= 4 is 18.5 Å². The van der Waals surface area contributed by atoms with Crippen molar-refractivity contribution in [1.29, 1.82) is 0 Å². The number of alkyl carbamates (subject to hydrolysis) is 1. The zero-order valence-electron chi connectivity index (χ0n) is 19.9. The van der Waals surface area contributed by atoms with Crippen LogP contribution in [0.3, 0.4) is 0 Å². The number of hydrogen-bond acceptors (Lipinski definition) is 7. The van der Waals surface area contributed by atoms with Crippen molar-refractivity contribution in [2.45, 2.75) is 65.2 Å². The van der Waals surface area contributed by atoms with Gasteiger partial charge >= 0.3 is 12.1 Å². The average Bonchev–Trinajstić information content (AvgIpc) is 2.65. The summed E-state index contributed by atoms with van der Waals surface area (Å²) in [5, 5.41) is 5.12. The summed E-state index contributed by atoms with van der Waals surface area (Å²) in [5.41, 5.74) is -0.551. The number of ether oxygens (including phenoxy) is 4. The molecule has 0 aliphatic carbocycles. The molecule has 1 atom stereocenters. The molecular formula is C23H36N2O7. The summed E-state index contributed by atoms with van der Waals surface area (Å²) in [6.07, 6.45) is 0.177. The molecule has 1 aromatic carbocycles. The van der Waals surface area contributed by atoms with Gasteiger partial charge in [0.2, 0.25) is 6.41 Å². The third-order valence-corrected chi connectivity index (χ3v) is 3.72. The first-order valence-corrected chi connectivity index (χ1v) is 10.6. The minimum Gasteiger partial charge on any atom is -0.491 e. The first-order chi connectivity index (χ1) is 14.9. The van der Waals surface area contributed by atoms with E-state index >= 15 is 0 Å². The Balaban J connectivity index is 2.66. The highest BCUT2D eigenvalue weighted by molar-refractivity contribution is 5.82. The maximum atomic E-state index is 12.6. The van der Waals surface area contributed by atoms with Crippen LogP contribution in [0.25, 0.3) is 0 Å². The zero-order chi connectivity index (χ0) is 24.2. The summed E-state index contributed by atoms with van der Waals surface area (Å²) in [6, 6.07) is 6.30. The molecule has 0 aromatic heterocycles. The summed E-state index contributed by atoms with van der Waals surface area (Å²) in [6.45, 7) is 12.2. The van der Waals surface area contributed by atoms with E-state index in [4.69, 9.17) is 18.9 Å². The van der Waals surface area contributed by atoms with Crippen LogP contribution in [0.1, 0.15) is 47.1 Å². The lowest BCUT2D eigenvalue weighted by molar-refractivity contribution is -0.157. The molecule has 2 N–H and O–H groups in total. The van der Waals surface area contributed by atoms with Crippen LogP contribution in [0.5, 0.6) is 5.75 Å². The fraction of sp³-hybridized carbons (Fsp3) is 0.609. The number of amides is 2. The molecule has 2 amide bonds. The molecule has 180 valence electrons. The van der Waals surface area contributed by atoms with Gasteiger partial charge < -0.3 is 29.6 Å². The van der Waals surface area contributed by atoms with E-state index in [1.807, 2.05) is 12.1 Å². The van der Waals surface area contributed by atoms with Crippen molar-refractivity contribution in [3.05, 3.63) is 29.8 Å². The Labute approximate surface area is 190 Å². The second-order valence-corrected chi connectivity index (χ2v) is 9.11. The van der Waals surface area contributed by atoms with Gasteiger partial charge in [-0.2, -0.15) is 0 Å². The zero-order valence-corrected chi connectivity index (χ0v) is 19.9. The van der Waals surface area contributed by atoms with Crippen LogP contribution in [-0.4, -0.2) is 62.1 Å². The molecule has 1 aromatic rings. The average molecular weight is 453 g/mol. The van der Waals surface area contributed by atoms with Gasteiger partial charge in [0.05, 0.1) is 13.2 Å². The molecule has 0 saturated carbocycles. The molecule has 0 aliphatic rings. The van der Waals surface area contributed by atoms with E-state index in [9.17, 15) is 14.4 Å². The molecule has 0 bridgehead atoms. The summed E-state index contributed by atoms with van der Waals surface area (Å²) in [4.78, 5) is 35.0. The highest BCUT2D eigenvalue weighted by Crippen LogP contribution is 2.16. The van der Waals surface area contributed by atoms with Crippen LogP contribution < -0.4 is 15.4 Å². The van der Waals surface area contributed by atoms with E-state index < -0.39 is 29.3 Å². The van der Waals surface area contributed by atoms with E-state index in [0.29, 0.717) is 38.5 Å². The van der Waals surface area contributed by atoms with Crippen LogP contribution in [0.15, 0.2) is 24.3 Å². The number of nitrogens with one attached hydrogen (secondary N) is 2. The SMILES string of the molecule is CC(C)(C)OC(=O)NC(Cc1ccc(OCCOCCNC=O)cc1)C(=O)OC(C)(C)C. The maximum Gasteiger partial charge on any atom is 0.408 e. The molecule has 0 spiro atoms. The minimum absolute atomic E-state index is 0.237. The highest BCUT2D eigenvalue weighted by atomic mass is 16.6. The van der Waals surface area contributed by atoms with Crippen LogP contribution in [0, 0.1) is 0 Å². The first kappa shape index (κ1) is 27.2. The van der Waals surface area contributed by atoms with E-state index in [0.717, 1.165) is 5.56 Å². The monoisotopic (exact) mass is 452 g/mol. The lowest BCUT2D eigenvalue weighted by Gasteiger charge is -2.26. The predicted octanol–water partition coefficient (Wildman–Crippen LogP) is 2.61. The summed E-state index contributed by atoms with van der Waals surface area (Å²) in [5.74, 6) is 0.113. The molecule has 0 saturated heterocycles. The smallest absolute Gasteiger partial charge is 0.408 e. The number of benzene rings is 1. The summed E-state index contributed by atoms with van der Waals surface area (Å²) >= 11 is 0. The number of carbonyl (C=O) groups is 3. The van der Waals surface area contributed by atoms with Crippen LogP contribution in [0.4, 0.5) is 4.79 Å². The summed E-state index contributed by atoms with van der Waals surface area (Å²) < 4.78 is 21.7. The van der Waals surface area contributed by atoms with Crippen molar-refractivity contribution in [1.82, 2.24) is 10.6 Å². The Morgan fingerprint density at radius 2 is 1.56 bits per heavy atom. The largest absolute Gasteiger partial charge is 0.491 e. The maximum absolute atomic E-state index is 12.6. The van der Waals surface area contributed by atoms with Gasteiger partial charge in [-0.25, -0.2) is 9.59 Å². The Hall–Kier alpha value is -2.81. The molecule has 0 heterocycles. The number of rotatable bonds is 12. The molecule has 9 nitrogen and oxygen atoms in total. The lowest BCUT2D eigenvalue weighted by Crippen LogP contribution is -2.47. The first-order valence-electron chi connectivity index (χ1n) is 10.6. The van der Waals surface area contributed by atoms with E-state index in [2.05, 4.69) is 10.6 Å². The second kappa shape index (κ2) is 12.9. The third-order valence-electron chi connectivity index (χ3n) is 3.72. The molecule has 0 fully saturated rings. The predicted molar refractivity (Wildman–Crippen MR) is 120 cm³/mol. The molecule has 1 unspecified atom stereocenters.